The van der Waals surface area contributed by atoms with E-state index in [1.165, 1.54) is 12.1 Å². The summed E-state index contributed by atoms with van der Waals surface area (Å²) in [6.07, 6.45) is -2.29. The molecule has 0 saturated carbocycles. The molecule has 2 rings (SSSR count). The van der Waals surface area contributed by atoms with Crippen molar-refractivity contribution in [1.29, 1.82) is 0 Å². The molecule has 0 spiro atoms. The van der Waals surface area contributed by atoms with Gasteiger partial charge in [0, 0.05) is 20.1 Å². The summed E-state index contributed by atoms with van der Waals surface area (Å²) in [6, 6.07) is 5.06. The molecule has 108 valence electrons. The van der Waals surface area contributed by atoms with Gasteiger partial charge in [-0.2, -0.15) is 13.2 Å². The number of methoxy groups -OCH3 is 1. The Morgan fingerprint density at radius 3 is 2.50 bits per heavy atom. The highest BCUT2D eigenvalue weighted by molar-refractivity contribution is 5.26. The fourth-order valence-electron chi connectivity index (χ4n) is 1.79. The zero-order valence-corrected chi connectivity index (χ0v) is 10.9. The maximum atomic E-state index is 12.5. The van der Waals surface area contributed by atoms with Gasteiger partial charge < -0.3 is 9.30 Å². The molecule has 1 aromatic heterocycles. The Bertz CT molecular complexity index is 549. The molecule has 2 aromatic rings. The predicted octanol–water partition coefficient (Wildman–Crippen LogP) is 2.53. The molecule has 0 atom stereocenters. The summed E-state index contributed by atoms with van der Waals surface area (Å²) in [7, 11) is 1.60. The van der Waals surface area contributed by atoms with Gasteiger partial charge in [0.15, 0.2) is 0 Å². The minimum atomic E-state index is -4.31. The van der Waals surface area contributed by atoms with Crippen LogP contribution in [0.2, 0.25) is 0 Å². The molecule has 0 N–H and O–H groups in total. The fourth-order valence-corrected chi connectivity index (χ4v) is 1.79. The van der Waals surface area contributed by atoms with Crippen LogP contribution >= 0.6 is 0 Å². The summed E-state index contributed by atoms with van der Waals surface area (Å²) >= 11 is 0. The van der Waals surface area contributed by atoms with Crippen LogP contribution in [-0.4, -0.2) is 28.5 Å². The molecule has 0 radical (unpaired) electrons. The maximum absolute atomic E-state index is 12.5. The average Bonchev–Trinajstić information content (AvgIpc) is 2.83. The van der Waals surface area contributed by atoms with Crippen molar-refractivity contribution in [2.24, 2.45) is 0 Å². The average molecular weight is 285 g/mol. The first-order valence-corrected chi connectivity index (χ1v) is 6.02. The van der Waals surface area contributed by atoms with Crippen LogP contribution in [0.15, 0.2) is 30.6 Å². The molecule has 0 saturated heterocycles. The Labute approximate surface area is 114 Å². The van der Waals surface area contributed by atoms with Crippen LogP contribution < -0.4 is 0 Å². The zero-order chi connectivity index (χ0) is 14.6. The second kappa shape index (κ2) is 6.04. The Morgan fingerprint density at radius 2 is 1.90 bits per heavy atom. The second-order valence-corrected chi connectivity index (χ2v) is 4.30. The van der Waals surface area contributed by atoms with E-state index >= 15 is 0 Å². The SMILES string of the molecule is COCCn1cnnc1Cc1ccc(C(F)(F)F)cc1. The number of ether oxygens (including phenoxy) is 1. The van der Waals surface area contributed by atoms with Gasteiger partial charge in [-0.05, 0) is 17.7 Å². The largest absolute Gasteiger partial charge is 0.416 e. The molecule has 7 heteroatoms. The Hall–Kier alpha value is -1.89. The van der Waals surface area contributed by atoms with Crippen molar-refractivity contribution >= 4 is 0 Å². The standard InChI is InChI=1S/C13H14F3N3O/c1-20-7-6-19-9-17-18-12(19)8-10-2-4-11(5-3-10)13(14,15)16/h2-5,9H,6-8H2,1H3. The molecule has 0 aliphatic heterocycles. The van der Waals surface area contributed by atoms with Crippen molar-refractivity contribution in [3.63, 3.8) is 0 Å². The first-order valence-electron chi connectivity index (χ1n) is 6.02. The minimum Gasteiger partial charge on any atom is -0.383 e. The maximum Gasteiger partial charge on any atom is 0.416 e. The quantitative estimate of drug-likeness (QED) is 0.847. The lowest BCUT2D eigenvalue weighted by atomic mass is 10.1. The smallest absolute Gasteiger partial charge is 0.383 e. The van der Waals surface area contributed by atoms with Crippen molar-refractivity contribution in [2.45, 2.75) is 19.1 Å². The summed E-state index contributed by atoms with van der Waals surface area (Å²) in [5, 5.41) is 7.78. The number of alkyl halides is 3. The van der Waals surface area contributed by atoms with E-state index in [-0.39, 0.29) is 0 Å². The lowest BCUT2D eigenvalue weighted by Crippen LogP contribution is -2.08. The van der Waals surface area contributed by atoms with Crippen molar-refractivity contribution in [3.8, 4) is 0 Å². The van der Waals surface area contributed by atoms with Crippen LogP contribution in [0.4, 0.5) is 13.2 Å². The van der Waals surface area contributed by atoms with Crippen LogP contribution in [0, 0.1) is 0 Å². The predicted molar refractivity (Wildman–Crippen MR) is 66.1 cm³/mol. The molecule has 0 amide bonds. The third kappa shape index (κ3) is 3.57. The molecular formula is C13H14F3N3O. The van der Waals surface area contributed by atoms with E-state index in [0.29, 0.717) is 25.4 Å². The van der Waals surface area contributed by atoms with E-state index in [4.69, 9.17) is 4.74 Å². The van der Waals surface area contributed by atoms with Crippen molar-refractivity contribution in [2.75, 3.05) is 13.7 Å². The Balaban J connectivity index is 2.09. The summed E-state index contributed by atoms with van der Waals surface area (Å²) < 4.78 is 44.2. The molecule has 0 unspecified atom stereocenters. The lowest BCUT2D eigenvalue weighted by molar-refractivity contribution is -0.137. The van der Waals surface area contributed by atoms with Crippen LogP contribution in [0.1, 0.15) is 17.0 Å². The number of nitrogens with zero attached hydrogens (tertiary/aromatic N) is 3. The summed E-state index contributed by atoms with van der Waals surface area (Å²) in [6.45, 7) is 1.14. The van der Waals surface area contributed by atoms with E-state index in [1.54, 1.807) is 13.4 Å². The van der Waals surface area contributed by atoms with Gasteiger partial charge in [0.1, 0.15) is 12.2 Å². The molecular weight excluding hydrogens is 271 g/mol. The zero-order valence-electron chi connectivity index (χ0n) is 10.9. The van der Waals surface area contributed by atoms with E-state index in [0.717, 1.165) is 17.7 Å². The first-order chi connectivity index (χ1) is 9.50. The monoisotopic (exact) mass is 285 g/mol. The molecule has 0 aliphatic carbocycles. The number of rotatable bonds is 5. The molecule has 1 heterocycles. The third-order valence-corrected chi connectivity index (χ3v) is 2.88. The molecule has 20 heavy (non-hydrogen) atoms. The highest BCUT2D eigenvalue weighted by atomic mass is 19.4. The van der Waals surface area contributed by atoms with Gasteiger partial charge in [0.05, 0.1) is 12.2 Å². The van der Waals surface area contributed by atoms with Crippen molar-refractivity contribution in [3.05, 3.63) is 47.5 Å². The third-order valence-electron chi connectivity index (χ3n) is 2.88. The Morgan fingerprint density at radius 1 is 1.20 bits per heavy atom. The molecule has 0 bridgehead atoms. The number of benzene rings is 1. The molecule has 4 nitrogen and oxygen atoms in total. The second-order valence-electron chi connectivity index (χ2n) is 4.30. The van der Waals surface area contributed by atoms with Crippen LogP contribution in [0.25, 0.3) is 0 Å². The van der Waals surface area contributed by atoms with Crippen molar-refractivity contribution < 1.29 is 17.9 Å². The number of halogens is 3. The van der Waals surface area contributed by atoms with Crippen LogP contribution in [-0.2, 0) is 23.9 Å². The van der Waals surface area contributed by atoms with E-state index in [2.05, 4.69) is 10.2 Å². The summed E-state index contributed by atoms with van der Waals surface area (Å²) in [5.41, 5.74) is 0.103. The van der Waals surface area contributed by atoms with E-state index < -0.39 is 11.7 Å². The van der Waals surface area contributed by atoms with Gasteiger partial charge in [0.25, 0.3) is 0 Å². The van der Waals surface area contributed by atoms with Crippen LogP contribution in [0.5, 0.6) is 0 Å². The van der Waals surface area contributed by atoms with Gasteiger partial charge in [0.2, 0.25) is 0 Å². The normalized spacial score (nSPS) is 11.8. The Kier molecular flexibility index (Phi) is 4.39. The fraction of sp³-hybridized carbons (Fsp3) is 0.385. The molecule has 1 aromatic carbocycles. The molecule has 0 aliphatic rings. The van der Waals surface area contributed by atoms with Crippen LogP contribution in [0.3, 0.4) is 0 Å². The molecule has 0 fully saturated rings. The van der Waals surface area contributed by atoms with E-state index in [1.807, 2.05) is 4.57 Å². The number of hydrogen-bond acceptors (Lipinski definition) is 3. The van der Waals surface area contributed by atoms with Crippen molar-refractivity contribution in [1.82, 2.24) is 14.8 Å². The highest BCUT2D eigenvalue weighted by Crippen LogP contribution is 2.29. The number of aromatic nitrogens is 3. The van der Waals surface area contributed by atoms with Gasteiger partial charge in [-0.25, -0.2) is 0 Å². The van der Waals surface area contributed by atoms with Gasteiger partial charge in [-0.15, -0.1) is 10.2 Å². The van der Waals surface area contributed by atoms with Gasteiger partial charge in [-0.3, -0.25) is 0 Å². The van der Waals surface area contributed by atoms with Gasteiger partial charge in [-0.1, -0.05) is 12.1 Å². The van der Waals surface area contributed by atoms with Gasteiger partial charge >= 0.3 is 6.18 Å². The topological polar surface area (TPSA) is 39.9 Å². The summed E-state index contributed by atoms with van der Waals surface area (Å²) in [4.78, 5) is 0. The lowest BCUT2D eigenvalue weighted by Gasteiger charge is -2.08. The highest BCUT2D eigenvalue weighted by Gasteiger charge is 2.29. The first kappa shape index (κ1) is 14.5. The minimum absolute atomic E-state index is 0.432. The number of hydrogen-bond donors (Lipinski definition) is 0. The summed E-state index contributed by atoms with van der Waals surface area (Å²) in [5.74, 6) is 0.696. The van der Waals surface area contributed by atoms with E-state index in [9.17, 15) is 13.2 Å².